The van der Waals surface area contributed by atoms with Crippen molar-refractivity contribution in [1.29, 1.82) is 0 Å². The lowest BCUT2D eigenvalue weighted by Gasteiger charge is -1.88. The van der Waals surface area contributed by atoms with Crippen LogP contribution < -0.4 is 0 Å². The van der Waals surface area contributed by atoms with Crippen molar-refractivity contribution >= 4 is 11.1 Å². The highest BCUT2D eigenvalue weighted by Crippen LogP contribution is 2.17. The number of hydrogen-bond donors (Lipinski definition) is 0. The highest BCUT2D eigenvalue weighted by Gasteiger charge is 2.02. The molecule has 2 nitrogen and oxygen atoms in total. The minimum absolute atomic E-state index is 0.731. The first-order chi connectivity index (χ1) is 7.27. The van der Waals surface area contributed by atoms with Crippen LogP contribution in [0, 0.1) is 13.8 Å². The number of benzene rings is 1. The zero-order chi connectivity index (χ0) is 11.8. The lowest BCUT2D eigenvalue weighted by atomic mass is 10.2. The van der Waals surface area contributed by atoms with E-state index in [0.29, 0.717) is 0 Å². The summed E-state index contributed by atoms with van der Waals surface area (Å²) < 4.78 is 5.34. The lowest BCUT2D eigenvalue weighted by Crippen LogP contribution is -1.74. The quantitative estimate of drug-likeness (QED) is 0.635. The van der Waals surface area contributed by atoms with Gasteiger partial charge in [-0.15, -0.1) is 0 Å². The Kier molecular flexibility index (Phi) is 6.43. The molecule has 0 N–H and O–H groups in total. The van der Waals surface area contributed by atoms with Crippen LogP contribution in [-0.2, 0) is 0 Å². The molecular formula is C13H21NO. The fourth-order valence-electron chi connectivity index (χ4n) is 1.20. The van der Waals surface area contributed by atoms with E-state index in [1.165, 1.54) is 5.56 Å². The average molecular weight is 207 g/mol. The Labute approximate surface area is 92.3 Å². The van der Waals surface area contributed by atoms with Gasteiger partial charge in [-0.25, -0.2) is 4.98 Å². The second-order valence-corrected chi connectivity index (χ2v) is 2.65. The molecule has 0 aliphatic carbocycles. The van der Waals surface area contributed by atoms with Crippen LogP contribution >= 0.6 is 0 Å². The van der Waals surface area contributed by atoms with Crippen molar-refractivity contribution in [1.82, 2.24) is 4.98 Å². The normalized spacial score (nSPS) is 8.67. The van der Waals surface area contributed by atoms with E-state index in [9.17, 15) is 0 Å². The molecule has 0 fully saturated rings. The van der Waals surface area contributed by atoms with Crippen molar-refractivity contribution in [2.75, 3.05) is 0 Å². The summed E-state index contributed by atoms with van der Waals surface area (Å²) in [4.78, 5) is 4.25. The number of fused-ring (bicyclic) bond motifs is 1. The molecule has 15 heavy (non-hydrogen) atoms. The molecule has 0 radical (unpaired) electrons. The maximum Gasteiger partial charge on any atom is 0.192 e. The first-order valence-corrected chi connectivity index (χ1v) is 5.60. The van der Waals surface area contributed by atoms with Gasteiger partial charge in [0.15, 0.2) is 11.5 Å². The van der Waals surface area contributed by atoms with Gasteiger partial charge in [-0.2, -0.15) is 0 Å². The van der Waals surface area contributed by atoms with E-state index >= 15 is 0 Å². The van der Waals surface area contributed by atoms with E-state index < -0.39 is 0 Å². The van der Waals surface area contributed by atoms with Crippen molar-refractivity contribution in [2.45, 2.75) is 41.5 Å². The molecule has 0 spiro atoms. The van der Waals surface area contributed by atoms with Gasteiger partial charge in [0, 0.05) is 6.92 Å². The number of para-hydroxylation sites is 1. The Morgan fingerprint density at radius 3 is 2.13 bits per heavy atom. The molecule has 0 saturated heterocycles. The molecule has 2 rings (SSSR count). The predicted octanol–water partition coefficient (Wildman–Crippen LogP) is 4.50. The van der Waals surface area contributed by atoms with Gasteiger partial charge in [-0.3, -0.25) is 0 Å². The average Bonchev–Trinajstić information content (AvgIpc) is 2.66. The lowest BCUT2D eigenvalue weighted by molar-refractivity contribution is 0.561. The van der Waals surface area contributed by atoms with E-state index in [1.54, 1.807) is 0 Å². The number of hydrogen-bond acceptors (Lipinski definition) is 2. The van der Waals surface area contributed by atoms with Crippen LogP contribution in [0.3, 0.4) is 0 Å². The molecule has 1 heterocycles. The van der Waals surface area contributed by atoms with Crippen molar-refractivity contribution < 1.29 is 4.42 Å². The smallest absolute Gasteiger partial charge is 0.192 e. The monoisotopic (exact) mass is 207 g/mol. The first kappa shape index (κ1) is 13.7. The van der Waals surface area contributed by atoms with Gasteiger partial charge in [0.25, 0.3) is 0 Å². The number of aromatic nitrogens is 1. The summed E-state index contributed by atoms with van der Waals surface area (Å²) in [5.74, 6) is 0.731. The van der Waals surface area contributed by atoms with Crippen molar-refractivity contribution in [3.8, 4) is 0 Å². The third-order valence-corrected chi connectivity index (χ3v) is 1.73. The minimum Gasteiger partial charge on any atom is -0.441 e. The van der Waals surface area contributed by atoms with Gasteiger partial charge in [-0.1, -0.05) is 39.8 Å². The zero-order valence-corrected chi connectivity index (χ0v) is 10.6. The predicted molar refractivity (Wildman–Crippen MR) is 66.2 cm³/mol. The molecule has 2 heteroatoms. The largest absolute Gasteiger partial charge is 0.441 e. The summed E-state index contributed by atoms with van der Waals surface area (Å²) in [5, 5.41) is 0. The topological polar surface area (TPSA) is 26.0 Å². The molecule has 0 amide bonds. The number of aryl methyl sites for hydroxylation is 2. The van der Waals surface area contributed by atoms with Crippen LogP contribution in [0.1, 0.15) is 39.1 Å². The summed E-state index contributed by atoms with van der Waals surface area (Å²) in [5.41, 5.74) is 3.02. The van der Waals surface area contributed by atoms with Crippen LogP contribution in [-0.4, -0.2) is 4.98 Å². The summed E-state index contributed by atoms with van der Waals surface area (Å²) in [6, 6.07) is 5.94. The fraction of sp³-hybridized carbons (Fsp3) is 0.462. The maximum atomic E-state index is 5.34. The summed E-state index contributed by atoms with van der Waals surface area (Å²) >= 11 is 0. The second-order valence-electron chi connectivity index (χ2n) is 2.65. The third-order valence-electron chi connectivity index (χ3n) is 1.73. The highest BCUT2D eigenvalue weighted by atomic mass is 16.3. The molecule has 2 aromatic rings. The SMILES string of the molecule is CC.CC.Cc1nc2c(C)cccc2o1. The Hall–Kier alpha value is -1.31. The highest BCUT2D eigenvalue weighted by molar-refractivity contribution is 5.76. The van der Waals surface area contributed by atoms with E-state index in [2.05, 4.69) is 4.98 Å². The molecule has 0 aliphatic rings. The summed E-state index contributed by atoms with van der Waals surface area (Å²) in [7, 11) is 0. The van der Waals surface area contributed by atoms with Gasteiger partial charge < -0.3 is 4.42 Å². The Morgan fingerprint density at radius 1 is 1.00 bits per heavy atom. The van der Waals surface area contributed by atoms with Crippen LogP contribution in [0.25, 0.3) is 11.1 Å². The van der Waals surface area contributed by atoms with Gasteiger partial charge >= 0.3 is 0 Å². The number of oxazole rings is 1. The standard InChI is InChI=1S/C9H9NO.2C2H6/c1-6-4-3-5-8-9(6)10-7(2)11-8;2*1-2/h3-5H,1-2H3;2*1-2H3. The molecule has 0 aliphatic heterocycles. The summed E-state index contributed by atoms with van der Waals surface area (Å²) in [6.45, 7) is 11.9. The fourth-order valence-corrected chi connectivity index (χ4v) is 1.20. The van der Waals surface area contributed by atoms with Crippen LogP contribution in [0.2, 0.25) is 0 Å². The maximum absolute atomic E-state index is 5.34. The van der Waals surface area contributed by atoms with Crippen LogP contribution in [0.5, 0.6) is 0 Å². The molecule has 0 atom stereocenters. The van der Waals surface area contributed by atoms with Crippen molar-refractivity contribution in [3.63, 3.8) is 0 Å². The van der Waals surface area contributed by atoms with Crippen molar-refractivity contribution in [2.24, 2.45) is 0 Å². The Bertz CT molecular complexity index is 390. The summed E-state index contributed by atoms with van der Waals surface area (Å²) in [6.07, 6.45) is 0. The Balaban J connectivity index is 0.000000442. The van der Waals surface area contributed by atoms with Crippen molar-refractivity contribution in [3.05, 3.63) is 29.7 Å². The molecule has 0 bridgehead atoms. The van der Waals surface area contributed by atoms with Crippen LogP contribution in [0.15, 0.2) is 22.6 Å². The number of rotatable bonds is 0. The van der Waals surface area contributed by atoms with Crippen LogP contribution in [0.4, 0.5) is 0 Å². The second kappa shape index (κ2) is 7.04. The van der Waals surface area contributed by atoms with Gasteiger partial charge in [-0.05, 0) is 18.6 Å². The molecule has 0 saturated carbocycles. The van der Waals surface area contributed by atoms with E-state index in [-0.39, 0.29) is 0 Å². The molecular weight excluding hydrogens is 186 g/mol. The van der Waals surface area contributed by atoms with Gasteiger partial charge in [0.2, 0.25) is 0 Å². The Morgan fingerprint density at radius 2 is 1.60 bits per heavy atom. The zero-order valence-electron chi connectivity index (χ0n) is 10.6. The molecule has 84 valence electrons. The molecule has 0 unspecified atom stereocenters. The van der Waals surface area contributed by atoms with E-state index in [1.807, 2.05) is 59.7 Å². The van der Waals surface area contributed by atoms with Gasteiger partial charge in [0.05, 0.1) is 0 Å². The number of nitrogens with zero attached hydrogens (tertiary/aromatic N) is 1. The van der Waals surface area contributed by atoms with E-state index in [4.69, 9.17) is 4.42 Å². The molecule has 1 aromatic carbocycles. The van der Waals surface area contributed by atoms with E-state index in [0.717, 1.165) is 17.0 Å². The van der Waals surface area contributed by atoms with Gasteiger partial charge in [0.1, 0.15) is 5.52 Å². The minimum atomic E-state index is 0.731. The first-order valence-electron chi connectivity index (χ1n) is 5.60. The molecule has 1 aromatic heterocycles. The third kappa shape index (κ3) is 3.39.